The van der Waals surface area contributed by atoms with Crippen LogP contribution in [0.5, 0.6) is 0 Å². The van der Waals surface area contributed by atoms with Gasteiger partial charge in [-0.2, -0.15) is 5.10 Å². The van der Waals surface area contributed by atoms with Gasteiger partial charge in [0.25, 0.3) is 0 Å². The maximum atomic E-state index is 11.8. The van der Waals surface area contributed by atoms with Crippen LogP contribution in [0.3, 0.4) is 0 Å². The third-order valence-corrected chi connectivity index (χ3v) is 3.44. The molecule has 0 aliphatic carbocycles. The number of halogens is 1. The number of aromatic nitrogens is 2. The highest BCUT2D eigenvalue weighted by Crippen LogP contribution is 2.17. The monoisotopic (exact) mass is 333 g/mol. The van der Waals surface area contributed by atoms with Crippen molar-refractivity contribution >= 4 is 33.7 Å². The van der Waals surface area contributed by atoms with Crippen LogP contribution in [0.2, 0.25) is 0 Å². The molecule has 0 radical (unpaired) electrons. The molecule has 4 nitrogen and oxygen atoms in total. The van der Waals surface area contributed by atoms with Crippen molar-refractivity contribution in [3.63, 3.8) is 0 Å². The topological polar surface area (TPSA) is 57.8 Å². The van der Waals surface area contributed by atoms with E-state index in [9.17, 15) is 4.79 Å². The number of amides is 1. The number of rotatable bonds is 5. The number of aromatic amines is 1. The van der Waals surface area contributed by atoms with Gasteiger partial charge in [-0.3, -0.25) is 9.89 Å². The third kappa shape index (κ3) is 4.06. The first-order chi connectivity index (χ1) is 9.69. The van der Waals surface area contributed by atoms with Crippen molar-refractivity contribution in [1.29, 1.82) is 0 Å². The summed E-state index contributed by atoms with van der Waals surface area (Å²) in [5.74, 6) is 0.352. The highest BCUT2D eigenvalue weighted by Gasteiger charge is 2.03. The fraction of sp³-hybridized carbons (Fsp3) is 0.200. The smallest absolute Gasteiger partial charge is 0.249 e. The molecular formula is C15H16BrN3O. The van der Waals surface area contributed by atoms with E-state index in [2.05, 4.69) is 38.4 Å². The van der Waals surface area contributed by atoms with Crippen molar-refractivity contribution in [2.45, 2.75) is 19.8 Å². The first kappa shape index (κ1) is 14.5. The number of hydrogen-bond donors (Lipinski definition) is 2. The summed E-state index contributed by atoms with van der Waals surface area (Å²) in [6.45, 7) is 2.10. The lowest BCUT2D eigenvalue weighted by atomic mass is 10.2. The van der Waals surface area contributed by atoms with E-state index in [1.54, 1.807) is 6.08 Å². The number of carbonyl (C=O) groups excluding carboxylic acids is 1. The van der Waals surface area contributed by atoms with Gasteiger partial charge in [-0.1, -0.05) is 47.5 Å². The Labute approximate surface area is 126 Å². The lowest BCUT2D eigenvalue weighted by Crippen LogP contribution is -2.07. The quantitative estimate of drug-likeness (QED) is 0.818. The predicted octanol–water partition coefficient (Wildman–Crippen LogP) is 3.78. The van der Waals surface area contributed by atoms with Gasteiger partial charge in [0.2, 0.25) is 5.91 Å². The van der Waals surface area contributed by atoms with E-state index >= 15 is 0 Å². The van der Waals surface area contributed by atoms with Gasteiger partial charge in [0.15, 0.2) is 5.82 Å². The Hall–Kier alpha value is -1.88. The Bertz CT molecular complexity index is 619. The Balaban J connectivity index is 1.96. The van der Waals surface area contributed by atoms with Crippen LogP contribution in [-0.4, -0.2) is 16.1 Å². The Morgan fingerprint density at radius 2 is 2.25 bits per heavy atom. The largest absolute Gasteiger partial charge is 0.306 e. The zero-order valence-electron chi connectivity index (χ0n) is 11.2. The number of carbonyl (C=O) groups is 1. The number of benzene rings is 1. The molecule has 0 atom stereocenters. The van der Waals surface area contributed by atoms with E-state index in [1.807, 2.05) is 30.3 Å². The normalized spacial score (nSPS) is 10.9. The minimum Gasteiger partial charge on any atom is -0.306 e. The van der Waals surface area contributed by atoms with E-state index in [0.29, 0.717) is 5.82 Å². The fourth-order valence-corrected chi connectivity index (χ4v) is 2.18. The van der Waals surface area contributed by atoms with Crippen molar-refractivity contribution in [1.82, 2.24) is 10.2 Å². The molecule has 20 heavy (non-hydrogen) atoms. The van der Waals surface area contributed by atoms with Crippen LogP contribution in [0.15, 0.2) is 40.9 Å². The van der Waals surface area contributed by atoms with Gasteiger partial charge in [-0.15, -0.1) is 0 Å². The Morgan fingerprint density at radius 3 is 3.00 bits per heavy atom. The second-order valence-corrected chi connectivity index (χ2v) is 5.23. The second-order valence-electron chi connectivity index (χ2n) is 4.37. The number of nitrogens with one attached hydrogen (secondary N) is 2. The summed E-state index contributed by atoms with van der Waals surface area (Å²) in [7, 11) is 0. The fourth-order valence-electron chi connectivity index (χ4n) is 1.77. The average molecular weight is 334 g/mol. The molecule has 0 aliphatic rings. The average Bonchev–Trinajstić information content (AvgIpc) is 2.85. The zero-order chi connectivity index (χ0) is 14.4. The summed E-state index contributed by atoms with van der Waals surface area (Å²) in [5, 5.41) is 9.67. The lowest BCUT2D eigenvalue weighted by molar-refractivity contribution is -0.111. The van der Waals surface area contributed by atoms with Crippen molar-refractivity contribution in [3.8, 4) is 0 Å². The zero-order valence-corrected chi connectivity index (χ0v) is 12.8. The second kappa shape index (κ2) is 7.05. The van der Waals surface area contributed by atoms with E-state index < -0.39 is 0 Å². The summed E-state index contributed by atoms with van der Waals surface area (Å²) < 4.78 is 0.953. The molecule has 1 aromatic heterocycles. The van der Waals surface area contributed by atoms with Gasteiger partial charge >= 0.3 is 0 Å². The Kier molecular flexibility index (Phi) is 5.12. The SMILES string of the molecule is CCCc1cc(NC(=O)/C=C/c2ccccc2Br)n[nH]1. The standard InChI is InChI=1S/C15H16BrN3O/c1-2-5-12-10-14(19-18-12)17-15(20)9-8-11-6-3-4-7-13(11)16/h3-4,6-10H,2,5H2,1H3,(H2,17,18,19,20)/b9-8+. The molecule has 1 aromatic carbocycles. The summed E-state index contributed by atoms with van der Waals surface area (Å²) in [6.07, 6.45) is 5.22. The van der Waals surface area contributed by atoms with Crippen LogP contribution in [-0.2, 0) is 11.2 Å². The highest BCUT2D eigenvalue weighted by molar-refractivity contribution is 9.10. The van der Waals surface area contributed by atoms with Gasteiger partial charge < -0.3 is 5.32 Å². The molecule has 2 N–H and O–H groups in total. The number of H-pyrrole nitrogens is 1. The molecule has 104 valence electrons. The van der Waals surface area contributed by atoms with E-state index in [1.165, 1.54) is 6.08 Å². The summed E-state index contributed by atoms with van der Waals surface area (Å²) in [4.78, 5) is 11.8. The molecule has 0 spiro atoms. The van der Waals surface area contributed by atoms with Crippen LogP contribution in [0.4, 0.5) is 5.82 Å². The van der Waals surface area contributed by atoms with Crippen LogP contribution in [0, 0.1) is 0 Å². The highest BCUT2D eigenvalue weighted by atomic mass is 79.9. The molecule has 1 amide bonds. The van der Waals surface area contributed by atoms with Gasteiger partial charge in [0.05, 0.1) is 0 Å². The van der Waals surface area contributed by atoms with E-state index in [0.717, 1.165) is 28.6 Å². The van der Waals surface area contributed by atoms with Gasteiger partial charge in [-0.05, 0) is 24.1 Å². The predicted molar refractivity (Wildman–Crippen MR) is 84.4 cm³/mol. The van der Waals surface area contributed by atoms with E-state index in [4.69, 9.17) is 0 Å². The molecular weight excluding hydrogens is 318 g/mol. The number of hydrogen-bond acceptors (Lipinski definition) is 2. The molecule has 0 saturated heterocycles. The van der Waals surface area contributed by atoms with Crippen molar-refractivity contribution in [3.05, 3.63) is 52.1 Å². The molecule has 5 heteroatoms. The molecule has 0 aliphatic heterocycles. The summed E-state index contributed by atoms with van der Waals surface area (Å²) >= 11 is 3.43. The van der Waals surface area contributed by atoms with Crippen LogP contribution < -0.4 is 5.32 Å². The van der Waals surface area contributed by atoms with Crippen LogP contribution in [0.1, 0.15) is 24.6 Å². The maximum absolute atomic E-state index is 11.8. The van der Waals surface area contributed by atoms with Crippen molar-refractivity contribution in [2.24, 2.45) is 0 Å². The molecule has 0 fully saturated rings. The van der Waals surface area contributed by atoms with Crippen molar-refractivity contribution in [2.75, 3.05) is 5.32 Å². The molecule has 1 heterocycles. The first-order valence-electron chi connectivity index (χ1n) is 6.47. The molecule has 0 bridgehead atoms. The molecule has 2 rings (SSSR count). The summed E-state index contributed by atoms with van der Waals surface area (Å²) in [6, 6.07) is 9.57. The minimum atomic E-state index is -0.199. The number of nitrogens with zero attached hydrogens (tertiary/aromatic N) is 1. The van der Waals surface area contributed by atoms with Crippen LogP contribution >= 0.6 is 15.9 Å². The molecule has 0 saturated carbocycles. The lowest BCUT2D eigenvalue weighted by Gasteiger charge is -1.98. The van der Waals surface area contributed by atoms with E-state index in [-0.39, 0.29) is 5.91 Å². The van der Waals surface area contributed by atoms with Gasteiger partial charge in [-0.25, -0.2) is 0 Å². The van der Waals surface area contributed by atoms with Crippen molar-refractivity contribution < 1.29 is 4.79 Å². The third-order valence-electron chi connectivity index (χ3n) is 2.72. The number of anilines is 1. The van der Waals surface area contributed by atoms with Crippen LogP contribution in [0.25, 0.3) is 6.08 Å². The summed E-state index contributed by atoms with van der Waals surface area (Å²) in [5.41, 5.74) is 1.98. The van der Waals surface area contributed by atoms with Gasteiger partial charge in [0, 0.05) is 22.3 Å². The molecule has 2 aromatic rings. The molecule has 0 unspecified atom stereocenters. The number of aryl methyl sites for hydroxylation is 1. The minimum absolute atomic E-state index is 0.199. The Morgan fingerprint density at radius 1 is 1.45 bits per heavy atom. The first-order valence-corrected chi connectivity index (χ1v) is 7.26. The maximum Gasteiger partial charge on any atom is 0.249 e. The van der Waals surface area contributed by atoms with Gasteiger partial charge in [0.1, 0.15) is 0 Å².